The van der Waals surface area contributed by atoms with Crippen LogP contribution in [0.25, 0.3) is 0 Å². The molecular weight excluding hydrogens is 184 g/mol. The lowest BCUT2D eigenvalue weighted by Gasteiger charge is -2.08. The Balaban J connectivity index is 0. The Labute approximate surface area is 106 Å². The van der Waals surface area contributed by atoms with E-state index in [2.05, 4.69) is 13.8 Å². The fraction of sp³-hybridized carbons (Fsp3) is 1.00. The number of hydrogen-bond donors (Lipinski definition) is 1. The molecule has 0 aliphatic carbocycles. The Morgan fingerprint density at radius 3 is 1.93 bits per heavy atom. The SMILES string of the molecule is CCCCCCCCC(O)CCC.[MgH2]. The van der Waals surface area contributed by atoms with E-state index >= 15 is 0 Å². The molecule has 0 aromatic heterocycles. The number of rotatable bonds is 9. The summed E-state index contributed by atoms with van der Waals surface area (Å²) in [6.07, 6.45) is 11.0. The minimum atomic E-state index is -0.0313. The van der Waals surface area contributed by atoms with Gasteiger partial charge in [0, 0.05) is 0 Å². The van der Waals surface area contributed by atoms with Crippen molar-refractivity contribution in [1.29, 1.82) is 0 Å². The van der Waals surface area contributed by atoms with Crippen molar-refractivity contribution < 1.29 is 5.11 Å². The van der Waals surface area contributed by atoms with Gasteiger partial charge < -0.3 is 5.11 Å². The van der Waals surface area contributed by atoms with Crippen LogP contribution in [-0.4, -0.2) is 34.3 Å². The smallest absolute Gasteiger partial charge is 0.316 e. The molecule has 0 aliphatic rings. The average Bonchev–Trinajstić information content (AvgIpc) is 2.11. The quantitative estimate of drug-likeness (QED) is 0.460. The maximum atomic E-state index is 9.45. The van der Waals surface area contributed by atoms with Gasteiger partial charge >= 0.3 is 23.1 Å². The molecule has 0 aromatic rings. The Hall–Kier alpha value is 0.726. The summed E-state index contributed by atoms with van der Waals surface area (Å²) in [6.45, 7) is 4.37. The molecule has 0 aromatic carbocycles. The van der Waals surface area contributed by atoms with Crippen molar-refractivity contribution in [2.75, 3.05) is 0 Å². The summed E-state index contributed by atoms with van der Waals surface area (Å²) >= 11 is 0. The first-order chi connectivity index (χ1) is 6.31. The Bertz CT molecular complexity index is 96.3. The van der Waals surface area contributed by atoms with Crippen molar-refractivity contribution in [3.05, 3.63) is 0 Å². The first-order valence-corrected chi connectivity index (χ1v) is 5.99. The molecule has 0 saturated carbocycles. The molecule has 0 amide bonds. The maximum absolute atomic E-state index is 9.45. The van der Waals surface area contributed by atoms with Crippen molar-refractivity contribution in [3.63, 3.8) is 0 Å². The molecule has 0 aliphatic heterocycles. The largest absolute Gasteiger partial charge is 0.393 e. The van der Waals surface area contributed by atoms with Gasteiger partial charge in [-0.3, -0.25) is 0 Å². The monoisotopic (exact) mass is 212 g/mol. The fourth-order valence-electron chi connectivity index (χ4n) is 1.64. The summed E-state index contributed by atoms with van der Waals surface area (Å²) < 4.78 is 0. The summed E-state index contributed by atoms with van der Waals surface area (Å²) in [6, 6.07) is 0. The number of hydrogen-bond acceptors (Lipinski definition) is 1. The molecule has 1 unspecified atom stereocenters. The lowest BCUT2D eigenvalue weighted by atomic mass is 10.0. The molecule has 0 radical (unpaired) electrons. The highest BCUT2D eigenvalue weighted by molar-refractivity contribution is 5.75. The summed E-state index contributed by atoms with van der Waals surface area (Å²) in [5, 5.41) is 9.45. The number of unbranched alkanes of at least 4 members (excludes halogenated alkanes) is 5. The Morgan fingerprint density at radius 2 is 1.36 bits per heavy atom. The Kier molecular flexibility index (Phi) is 16.8. The normalized spacial score (nSPS) is 12.2. The molecule has 0 fully saturated rings. The van der Waals surface area contributed by atoms with E-state index in [0.29, 0.717) is 0 Å². The van der Waals surface area contributed by atoms with Crippen LogP contribution in [0.2, 0.25) is 0 Å². The minimum absolute atomic E-state index is 0. The van der Waals surface area contributed by atoms with E-state index in [9.17, 15) is 5.11 Å². The van der Waals surface area contributed by atoms with Gasteiger partial charge in [-0.1, -0.05) is 58.8 Å². The molecule has 1 nitrogen and oxygen atoms in total. The second-order valence-electron chi connectivity index (χ2n) is 4.00. The van der Waals surface area contributed by atoms with Crippen LogP contribution in [0.1, 0.15) is 71.6 Å². The van der Waals surface area contributed by atoms with Crippen molar-refractivity contribution in [2.24, 2.45) is 0 Å². The highest BCUT2D eigenvalue weighted by Crippen LogP contribution is 2.10. The summed E-state index contributed by atoms with van der Waals surface area (Å²) in [5.41, 5.74) is 0. The van der Waals surface area contributed by atoms with Crippen molar-refractivity contribution >= 4 is 23.1 Å². The van der Waals surface area contributed by atoms with Gasteiger partial charge in [-0.25, -0.2) is 0 Å². The van der Waals surface area contributed by atoms with Crippen LogP contribution in [-0.2, 0) is 0 Å². The van der Waals surface area contributed by atoms with Gasteiger partial charge in [-0.05, 0) is 12.8 Å². The van der Waals surface area contributed by atoms with E-state index in [1.807, 2.05) is 0 Å². The zero-order valence-corrected chi connectivity index (χ0v) is 9.39. The van der Waals surface area contributed by atoms with Crippen LogP contribution < -0.4 is 0 Å². The van der Waals surface area contributed by atoms with Crippen LogP contribution in [0.15, 0.2) is 0 Å². The molecule has 0 bridgehead atoms. The van der Waals surface area contributed by atoms with Gasteiger partial charge in [0.25, 0.3) is 0 Å². The molecule has 1 atom stereocenters. The average molecular weight is 213 g/mol. The second-order valence-corrected chi connectivity index (χ2v) is 4.00. The van der Waals surface area contributed by atoms with Crippen LogP contribution in [0.5, 0.6) is 0 Å². The second kappa shape index (κ2) is 13.7. The standard InChI is InChI=1S/C12H26O.Mg.2H/c1-3-5-6-7-8-9-11-12(13)10-4-2;;;/h12-13H,3-11H2,1-2H3;;;. The third-order valence-electron chi connectivity index (χ3n) is 2.51. The highest BCUT2D eigenvalue weighted by atomic mass is 24.3. The molecule has 1 N–H and O–H groups in total. The van der Waals surface area contributed by atoms with Crippen molar-refractivity contribution in [3.8, 4) is 0 Å². The van der Waals surface area contributed by atoms with Gasteiger partial charge in [0.2, 0.25) is 0 Å². The summed E-state index contributed by atoms with van der Waals surface area (Å²) in [7, 11) is 0. The third kappa shape index (κ3) is 12.7. The van der Waals surface area contributed by atoms with Crippen LogP contribution in [0, 0.1) is 0 Å². The van der Waals surface area contributed by atoms with E-state index in [1.54, 1.807) is 0 Å². The Morgan fingerprint density at radius 1 is 0.786 bits per heavy atom. The highest BCUT2D eigenvalue weighted by Gasteiger charge is 2.01. The van der Waals surface area contributed by atoms with E-state index in [4.69, 9.17) is 0 Å². The van der Waals surface area contributed by atoms with Crippen LogP contribution in [0.3, 0.4) is 0 Å². The minimum Gasteiger partial charge on any atom is -0.393 e. The predicted molar refractivity (Wildman–Crippen MR) is 67.5 cm³/mol. The van der Waals surface area contributed by atoms with Gasteiger partial charge in [0.1, 0.15) is 0 Å². The molecular formula is C12H28MgO. The first kappa shape index (κ1) is 17.1. The maximum Gasteiger partial charge on any atom is 0.316 e. The summed E-state index contributed by atoms with van der Waals surface area (Å²) in [5.74, 6) is 0. The molecule has 0 spiro atoms. The molecule has 0 heterocycles. The van der Waals surface area contributed by atoms with Gasteiger partial charge in [-0.2, -0.15) is 0 Å². The van der Waals surface area contributed by atoms with E-state index < -0.39 is 0 Å². The van der Waals surface area contributed by atoms with E-state index in [0.717, 1.165) is 19.3 Å². The summed E-state index contributed by atoms with van der Waals surface area (Å²) in [4.78, 5) is 0. The van der Waals surface area contributed by atoms with Gasteiger partial charge in [-0.15, -0.1) is 0 Å². The predicted octanol–water partition coefficient (Wildman–Crippen LogP) is 2.98. The molecule has 2 heteroatoms. The topological polar surface area (TPSA) is 20.2 Å². The van der Waals surface area contributed by atoms with Gasteiger partial charge in [0.05, 0.1) is 6.10 Å². The van der Waals surface area contributed by atoms with Crippen LogP contribution in [0.4, 0.5) is 0 Å². The van der Waals surface area contributed by atoms with Crippen molar-refractivity contribution in [1.82, 2.24) is 0 Å². The molecule has 0 rings (SSSR count). The zero-order valence-electron chi connectivity index (χ0n) is 9.39. The molecule has 14 heavy (non-hydrogen) atoms. The van der Waals surface area contributed by atoms with Crippen molar-refractivity contribution in [2.45, 2.75) is 77.7 Å². The van der Waals surface area contributed by atoms with E-state index in [-0.39, 0.29) is 29.2 Å². The third-order valence-corrected chi connectivity index (χ3v) is 2.51. The zero-order chi connectivity index (χ0) is 9.94. The molecule has 0 saturated heterocycles. The van der Waals surface area contributed by atoms with E-state index in [1.165, 1.54) is 38.5 Å². The van der Waals surface area contributed by atoms with Gasteiger partial charge in [0.15, 0.2) is 0 Å². The number of aliphatic hydroxyl groups excluding tert-OH is 1. The fourth-order valence-corrected chi connectivity index (χ4v) is 1.64. The first-order valence-electron chi connectivity index (χ1n) is 5.99. The number of aliphatic hydroxyl groups is 1. The van der Waals surface area contributed by atoms with Crippen LogP contribution >= 0.6 is 0 Å². The lowest BCUT2D eigenvalue weighted by molar-refractivity contribution is 0.150. The molecule has 84 valence electrons. The lowest BCUT2D eigenvalue weighted by Crippen LogP contribution is -2.04.